The van der Waals surface area contributed by atoms with E-state index >= 15 is 0 Å². The molecule has 0 heterocycles. The standard InChI is InChI=1S/C14H23BrN2O2/c1-10(16)7-11-8-12(15)14(13(9-11)18-4)19-6-5-17(2)3/h8-10H,5-7,16H2,1-4H3. The molecular weight excluding hydrogens is 308 g/mol. The van der Waals surface area contributed by atoms with Gasteiger partial charge in [0, 0.05) is 12.6 Å². The minimum absolute atomic E-state index is 0.122. The third kappa shape index (κ3) is 5.38. The van der Waals surface area contributed by atoms with E-state index in [-0.39, 0.29) is 6.04 Å². The Labute approximate surface area is 124 Å². The first-order chi connectivity index (χ1) is 8.93. The molecule has 1 unspecified atom stereocenters. The number of likely N-dealkylation sites (N-methyl/N-ethyl adjacent to an activating group) is 1. The molecule has 1 aromatic carbocycles. The number of nitrogens with zero attached hydrogens (tertiary/aromatic N) is 1. The monoisotopic (exact) mass is 330 g/mol. The summed E-state index contributed by atoms with van der Waals surface area (Å²) < 4.78 is 12.1. The van der Waals surface area contributed by atoms with E-state index in [1.54, 1.807) is 7.11 Å². The number of benzene rings is 1. The first-order valence-electron chi connectivity index (χ1n) is 6.33. The first kappa shape index (κ1) is 16.3. The fourth-order valence-electron chi connectivity index (χ4n) is 1.73. The van der Waals surface area contributed by atoms with E-state index in [2.05, 4.69) is 20.8 Å². The molecule has 0 spiro atoms. The summed E-state index contributed by atoms with van der Waals surface area (Å²) in [5.74, 6) is 1.49. The molecule has 0 radical (unpaired) electrons. The zero-order chi connectivity index (χ0) is 14.4. The van der Waals surface area contributed by atoms with E-state index in [4.69, 9.17) is 15.2 Å². The Bertz CT molecular complexity index is 409. The van der Waals surface area contributed by atoms with Crippen molar-refractivity contribution < 1.29 is 9.47 Å². The molecule has 2 N–H and O–H groups in total. The Kier molecular flexibility index (Phi) is 6.62. The second kappa shape index (κ2) is 7.72. The van der Waals surface area contributed by atoms with Crippen molar-refractivity contribution in [1.82, 2.24) is 4.90 Å². The van der Waals surface area contributed by atoms with Gasteiger partial charge in [-0.1, -0.05) is 0 Å². The molecule has 0 saturated carbocycles. The summed E-state index contributed by atoms with van der Waals surface area (Å²) in [6, 6.07) is 4.15. The van der Waals surface area contributed by atoms with Crippen LogP contribution in [0.1, 0.15) is 12.5 Å². The summed E-state index contributed by atoms with van der Waals surface area (Å²) in [4.78, 5) is 2.07. The summed E-state index contributed by atoms with van der Waals surface area (Å²) in [5.41, 5.74) is 6.96. The molecule has 1 aromatic rings. The maximum atomic E-state index is 5.82. The number of methoxy groups -OCH3 is 1. The van der Waals surface area contributed by atoms with Gasteiger partial charge in [0.15, 0.2) is 11.5 Å². The third-order valence-corrected chi connectivity index (χ3v) is 3.22. The number of hydrogen-bond acceptors (Lipinski definition) is 4. The SMILES string of the molecule is COc1cc(CC(C)N)cc(Br)c1OCCN(C)C. The van der Waals surface area contributed by atoms with Crippen molar-refractivity contribution in [1.29, 1.82) is 0 Å². The number of nitrogens with two attached hydrogens (primary N) is 1. The van der Waals surface area contributed by atoms with Crippen molar-refractivity contribution in [3.63, 3.8) is 0 Å². The van der Waals surface area contributed by atoms with E-state index in [1.165, 1.54) is 0 Å². The summed E-state index contributed by atoms with van der Waals surface area (Å²) in [5, 5.41) is 0. The predicted molar refractivity (Wildman–Crippen MR) is 82.1 cm³/mol. The van der Waals surface area contributed by atoms with Crippen LogP contribution in [0.25, 0.3) is 0 Å². The van der Waals surface area contributed by atoms with Crippen LogP contribution < -0.4 is 15.2 Å². The minimum Gasteiger partial charge on any atom is -0.493 e. The normalized spacial score (nSPS) is 12.6. The summed E-state index contributed by atoms with van der Waals surface area (Å²) in [7, 11) is 5.68. The number of hydrogen-bond donors (Lipinski definition) is 1. The molecule has 108 valence electrons. The molecule has 1 rings (SSSR count). The molecule has 0 aliphatic rings. The highest BCUT2D eigenvalue weighted by atomic mass is 79.9. The van der Waals surface area contributed by atoms with E-state index < -0.39 is 0 Å². The first-order valence-corrected chi connectivity index (χ1v) is 7.12. The molecule has 0 amide bonds. The highest BCUT2D eigenvalue weighted by molar-refractivity contribution is 9.10. The zero-order valence-corrected chi connectivity index (χ0v) is 13.7. The van der Waals surface area contributed by atoms with Crippen LogP contribution in [0, 0.1) is 0 Å². The van der Waals surface area contributed by atoms with Crippen LogP contribution in [0.15, 0.2) is 16.6 Å². The molecule has 0 saturated heterocycles. The molecular formula is C14H23BrN2O2. The molecule has 0 fully saturated rings. The molecule has 19 heavy (non-hydrogen) atoms. The smallest absolute Gasteiger partial charge is 0.175 e. The molecule has 4 nitrogen and oxygen atoms in total. The van der Waals surface area contributed by atoms with Gasteiger partial charge in [0.1, 0.15) is 6.61 Å². The van der Waals surface area contributed by atoms with Crippen LogP contribution in [0.2, 0.25) is 0 Å². The molecule has 0 aliphatic heterocycles. The van der Waals surface area contributed by atoms with Crippen molar-refractivity contribution in [2.24, 2.45) is 5.73 Å². The van der Waals surface area contributed by atoms with E-state index in [0.717, 1.165) is 34.5 Å². The van der Waals surface area contributed by atoms with Gasteiger partial charge in [0.05, 0.1) is 11.6 Å². The Morgan fingerprint density at radius 2 is 2.05 bits per heavy atom. The fourth-order valence-corrected chi connectivity index (χ4v) is 2.34. The topological polar surface area (TPSA) is 47.7 Å². The minimum atomic E-state index is 0.122. The van der Waals surface area contributed by atoms with Crippen LogP contribution in [-0.4, -0.2) is 45.3 Å². The van der Waals surface area contributed by atoms with Crippen LogP contribution in [0.4, 0.5) is 0 Å². The average Bonchev–Trinajstić information content (AvgIpc) is 2.30. The quantitative estimate of drug-likeness (QED) is 0.833. The van der Waals surface area contributed by atoms with Crippen molar-refractivity contribution >= 4 is 15.9 Å². The molecule has 0 bridgehead atoms. The van der Waals surface area contributed by atoms with Crippen LogP contribution in [0.3, 0.4) is 0 Å². The van der Waals surface area contributed by atoms with Gasteiger partial charge in [0.25, 0.3) is 0 Å². The van der Waals surface area contributed by atoms with E-state index in [1.807, 2.05) is 33.2 Å². The highest BCUT2D eigenvalue weighted by Crippen LogP contribution is 2.36. The Balaban J connectivity index is 2.85. The van der Waals surface area contributed by atoms with Gasteiger partial charge >= 0.3 is 0 Å². The molecule has 1 atom stereocenters. The highest BCUT2D eigenvalue weighted by Gasteiger charge is 2.12. The average molecular weight is 331 g/mol. The van der Waals surface area contributed by atoms with Crippen molar-refractivity contribution in [2.45, 2.75) is 19.4 Å². The van der Waals surface area contributed by atoms with Gasteiger partial charge in [-0.3, -0.25) is 0 Å². The summed E-state index contributed by atoms with van der Waals surface area (Å²) >= 11 is 3.54. The van der Waals surface area contributed by atoms with Gasteiger partial charge in [0.2, 0.25) is 0 Å². The Morgan fingerprint density at radius 3 is 2.58 bits per heavy atom. The van der Waals surface area contributed by atoms with Crippen LogP contribution in [0.5, 0.6) is 11.5 Å². The van der Waals surface area contributed by atoms with E-state index in [0.29, 0.717) is 6.61 Å². The fraction of sp³-hybridized carbons (Fsp3) is 0.571. The van der Waals surface area contributed by atoms with Gasteiger partial charge in [-0.05, 0) is 61.1 Å². The lowest BCUT2D eigenvalue weighted by molar-refractivity contribution is 0.249. The lowest BCUT2D eigenvalue weighted by Crippen LogP contribution is -2.20. The van der Waals surface area contributed by atoms with Crippen molar-refractivity contribution in [2.75, 3.05) is 34.4 Å². The molecule has 0 aromatic heterocycles. The Hall–Kier alpha value is -0.780. The van der Waals surface area contributed by atoms with Gasteiger partial charge < -0.3 is 20.1 Å². The number of rotatable bonds is 7. The van der Waals surface area contributed by atoms with Gasteiger partial charge in [-0.2, -0.15) is 0 Å². The van der Waals surface area contributed by atoms with Gasteiger partial charge in [-0.15, -0.1) is 0 Å². The van der Waals surface area contributed by atoms with Crippen molar-refractivity contribution in [3.05, 3.63) is 22.2 Å². The Morgan fingerprint density at radius 1 is 1.37 bits per heavy atom. The largest absolute Gasteiger partial charge is 0.493 e. The number of halogens is 1. The summed E-state index contributed by atoms with van der Waals surface area (Å²) in [6.07, 6.45) is 0.812. The lowest BCUT2D eigenvalue weighted by atomic mass is 10.1. The lowest BCUT2D eigenvalue weighted by Gasteiger charge is -2.16. The predicted octanol–water partition coefficient (Wildman–Crippen LogP) is 2.29. The van der Waals surface area contributed by atoms with Crippen LogP contribution >= 0.6 is 15.9 Å². The van der Waals surface area contributed by atoms with Crippen LogP contribution in [-0.2, 0) is 6.42 Å². The molecule has 0 aliphatic carbocycles. The maximum absolute atomic E-state index is 5.82. The second-order valence-electron chi connectivity index (χ2n) is 4.94. The third-order valence-electron chi connectivity index (χ3n) is 2.63. The molecule has 5 heteroatoms. The maximum Gasteiger partial charge on any atom is 0.175 e. The number of ether oxygens (including phenoxy) is 2. The van der Waals surface area contributed by atoms with Crippen molar-refractivity contribution in [3.8, 4) is 11.5 Å². The van der Waals surface area contributed by atoms with E-state index in [9.17, 15) is 0 Å². The van der Waals surface area contributed by atoms with Gasteiger partial charge in [-0.25, -0.2) is 0 Å². The summed E-state index contributed by atoms with van der Waals surface area (Å²) in [6.45, 7) is 3.47. The zero-order valence-electron chi connectivity index (χ0n) is 12.1. The second-order valence-corrected chi connectivity index (χ2v) is 5.80.